The Morgan fingerprint density at radius 3 is 1.97 bits per heavy atom. The Balaban J connectivity index is 1.52. The van der Waals surface area contributed by atoms with E-state index < -0.39 is 0 Å². The van der Waals surface area contributed by atoms with Crippen molar-refractivity contribution in [1.29, 1.82) is 0 Å². The highest BCUT2D eigenvalue weighted by molar-refractivity contribution is 5.89. The first kappa shape index (κ1) is 20.6. The van der Waals surface area contributed by atoms with E-state index in [0.29, 0.717) is 0 Å². The maximum absolute atomic E-state index is 4.09. The van der Waals surface area contributed by atoms with Crippen LogP contribution in [0.1, 0.15) is 56.9 Å². The molecule has 0 radical (unpaired) electrons. The summed E-state index contributed by atoms with van der Waals surface area (Å²) in [4.78, 5) is 0. The van der Waals surface area contributed by atoms with Gasteiger partial charge in [0.25, 0.3) is 0 Å². The highest BCUT2D eigenvalue weighted by atomic mass is 14.9. The molecule has 5 rings (SSSR count). The van der Waals surface area contributed by atoms with Gasteiger partial charge in [0, 0.05) is 22.2 Å². The fourth-order valence-corrected chi connectivity index (χ4v) is 5.63. The molecule has 3 aromatic carbocycles. The lowest BCUT2D eigenvalue weighted by Crippen LogP contribution is -2.16. The van der Waals surface area contributed by atoms with Gasteiger partial charge in [-0.15, -0.1) is 0 Å². The molecule has 0 heterocycles. The molecule has 0 spiro atoms. The molecule has 3 aromatic rings. The summed E-state index contributed by atoms with van der Waals surface area (Å²) in [5.74, 6) is 0. The van der Waals surface area contributed by atoms with E-state index in [-0.39, 0.29) is 10.8 Å². The van der Waals surface area contributed by atoms with Gasteiger partial charge in [0.15, 0.2) is 0 Å². The van der Waals surface area contributed by atoms with Crippen LogP contribution in [-0.2, 0) is 10.8 Å². The Morgan fingerprint density at radius 2 is 1.31 bits per heavy atom. The minimum Gasteiger partial charge on any atom is -0.356 e. The fourth-order valence-electron chi connectivity index (χ4n) is 5.63. The molecule has 0 saturated carbocycles. The van der Waals surface area contributed by atoms with Crippen LogP contribution in [0.25, 0.3) is 16.7 Å². The van der Waals surface area contributed by atoms with E-state index in [1.54, 1.807) is 0 Å². The second-order valence-electron chi connectivity index (χ2n) is 9.97. The zero-order chi connectivity index (χ0) is 22.7. The summed E-state index contributed by atoms with van der Waals surface area (Å²) in [7, 11) is 0. The van der Waals surface area contributed by atoms with Crippen molar-refractivity contribution in [2.24, 2.45) is 0 Å². The summed E-state index contributed by atoms with van der Waals surface area (Å²) in [6.07, 6.45) is 6.34. The highest BCUT2D eigenvalue weighted by Gasteiger charge is 2.36. The predicted molar refractivity (Wildman–Crippen MR) is 139 cm³/mol. The number of hydrogen-bond acceptors (Lipinski definition) is 1. The quantitative estimate of drug-likeness (QED) is 0.448. The van der Waals surface area contributed by atoms with E-state index in [2.05, 4.69) is 119 Å². The van der Waals surface area contributed by atoms with Gasteiger partial charge in [-0.3, -0.25) is 0 Å². The topological polar surface area (TPSA) is 12.0 Å². The van der Waals surface area contributed by atoms with Crippen LogP contribution < -0.4 is 5.32 Å². The predicted octanol–water partition coefficient (Wildman–Crippen LogP) is 8.54. The summed E-state index contributed by atoms with van der Waals surface area (Å²) in [5, 5.41) is 3.68. The van der Waals surface area contributed by atoms with Crippen LogP contribution in [0.3, 0.4) is 0 Å². The van der Waals surface area contributed by atoms with Crippen molar-refractivity contribution in [1.82, 2.24) is 0 Å². The molecule has 1 heteroatoms. The van der Waals surface area contributed by atoms with Gasteiger partial charge >= 0.3 is 0 Å². The molecule has 1 N–H and O–H groups in total. The van der Waals surface area contributed by atoms with Gasteiger partial charge in [0.2, 0.25) is 0 Å². The summed E-state index contributed by atoms with van der Waals surface area (Å²) in [6.45, 7) is 15.4. The van der Waals surface area contributed by atoms with Gasteiger partial charge in [0.05, 0.1) is 0 Å². The summed E-state index contributed by atoms with van der Waals surface area (Å²) in [6, 6.07) is 22.3. The summed E-state index contributed by atoms with van der Waals surface area (Å²) in [5.41, 5.74) is 12.9. The first-order valence-electron chi connectivity index (χ1n) is 11.4. The van der Waals surface area contributed by atoms with Gasteiger partial charge in [-0.1, -0.05) is 88.9 Å². The highest BCUT2D eigenvalue weighted by Crippen LogP contribution is 2.50. The number of benzene rings is 3. The Kier molecular flexibility index (Phi) is 4.57. The van der Waals surface area contributed by atoms with Crippen LogP contribution in [0, 0.1) is 0 Å². The molecule has 1 nitrogen and oxygen atoms in total. The zero-order valence-electron chi connectivity index (χ0n) is 19.7. The molecule has 0 unspecified atom stereocenters. The molecular weight excluding hydrogens is 386 g/mol. The molecule has 0 atom stereocenters. The van der Waals surface area contributed by atoms with E-state index >= 15 is 0 Å². The second kappa shape index (κ2) is 7.10. The molecular formula is C31H31N. The minimum atomic E-state index is -0.0510. The summed E-state index contributed by atoms with van der Waals surface area (Å²) < 4.78 is 0. The average Bonchev–Trinajstić information content (AvgIpc) is 3.13. The lowest BCUT2D eigenvalue weighted by Gasteiger charge is -2.24. The number of hydrogen-bond donors (Lipinski definition) is 1. The SMILES string of the molecule is C=CC1=C(/C=C\C)C(C)(C)c2cc(Nc3ccc4c(c3)C(C)(C)c3ccccc3-4)ccc21. The fraction of sp³-hybridized carbons (Fsp3) is 0.226. The Labute approximate surface area is 192 Å². The van der Waals surface area contributed by atoms with Crippen molar-refractivity contribution in [3.8, 4) is 11.1 Å². The Hall–Kier alpha value is -3.32. The third-order valence-electron chi connectivity index (χ3n) is 7.36. The first-order chi connectivity index (χ1) is 15.3. The van der Waals surface area contributed by atoms with Crippen LogP contribution in [0.2, 0.25) is 0 Å². The molecule has 0 aliphatic heterocycles. The van der Waals surface area contributed by atoms with Crippen molar-refractivity contribution < 1.29 is 0 Å². The van der Waals surface area contributed by atoms with Crippen molar-refractivity contribution in [3.05, 3.63) is 113 Å². The lowest BCUT2D eigenvalue weighted by molar-refractivity contribution is 0.654. The monoisotopic (exact) mass is 417 g/mol. The number of anilines is 2. The minimum absolute atomic E-state index is 0.00765. The van der Waals surface area contributed by atoms with Gasteiger partial charge in [0.1, 0.15) is 0 Å². The maximum atomic E-state index is 4.09. The molecule has 160 valence electrons. The smallest absolute Gasteiger partial charge is 0.0387 e. The lowest BCUT2D eigenvalue weighted by atomic mass is 9.81. The largest absolute Gasteiger partial charge is 0.356 e. The summed E-state index contributed by atoms with van der Waals surface area (Å²) >= 11 is 0. The van der Waals surface area contributed by atoms with Crippen molar-refractivity contribution in [3.63, 3.8) is 0 Å². The standard InChI is InChI=1S/C31H31N/c1-7-11-26-22(8-2)24-16-14-20(18-28(24)30(26,3)4)32-21-15-17-25-23-12-9-10-13-27(23)31(5,6)29(25)19-21/h7-19,32H,2H2,1,3-6H3/b11-7-. The van der Waals surface area contributed by atoms with Gasteiger partial charge in [-0.05, 0) is 75.7 Å². The van der Waals surface area contributed by atoms with Crippen LogP contribution in [0.5, 0.6) is 0 Å². The molecule has 0 bridgehead atoms. The number of rotatable bonds is 4. The van der Waals surface area contributed by atoms with Crippen molar-refractivity contribution in [2.75, 3.05) is 5.32 Å². The zero-order valence-corrected chi connectivity index (χ0v) is 19.7. The first-order valence-corrected chi connectivity index (χ1v) is 11.4. The van der Waals surface area contributed by atoms with Gasteiger partial charge in [-0.2, -0.15) is 0 Å². The molecule has 0 aromatic heterocycles. The molecule has 0 saturated heterocycles. The number of fused-ring (bicyclic) bond motifs is 4. The van der Waals surface area contributed by atoms with Crippen molar-refractivity contribution in [2.45, 2.75) is 45.4 Å². The second-order valence-corrected chi connectivity index (χ2v) is 9.97. The third-order valence-corrected chi connectivity index (χ3v) is 7.36. The van der Waals surface area contributed by atoms with E-state index in [1.165, 1.54) is 44.5 Å². The van der Waals surface area contributed by atoms with E-state index in [4.69, 9.17) is 0 Å². The average molecular weight is 418 g/mol. The van der Waals surface area contributed by atoms with E-state index in [9.17, 15) is 0 Å². The van der Waals surface area contributed by atoms with Crippen LogP contribution in [0.4, 0.5) is 11.4 Å². The number of allylic oxidation sites excluding steroid dienone is 5. The normalized spacial score (nSPS) is 17.3. The van der Waals surface area contributed by atoms with Crippen LogP contribution in [-0.4, -0.2) is 0 Å². The molecule has 2 aliphatic carbocycles. The van der Waals surface area contributed by atoms with Crippen LogP contribution >= 0.6 is 0 Å². The van der Waals surface area contributed by atoms with E-state index in [1.807, 2.05) is 6.08 Å². The van der Waals surface area contributed by atoms with Gasteiger partial charge < -0.3 is 5.32 Å². The Morgan fingerprint density at radius 1 is 0.719 bits per heavy atom. The maximum Gasteiger partial charge on any atom is 0.0387 e. The van der Waals surface area contributed by atoms with Crippen LogP contribution in [0.15, 0.2) is 91.0 Å². The molecule has 2 aliphatic rings. The third kappa shape index (κ3) is 2.84. The molecule has 0 amide bonds. The molecule has 32 heavy (non-hydrogen) atoms. The van der Waals surface area contributed by atoms with E-state index in [0.717, 1.165) is 11.4 Å². The van der Waals surface area contributed by atoms with Gasteiger partial charge in [-0.25, -0.2) is 0 Å². The van der Waals surface area contributed by atoms with Crippen molar-refractivity contribution >= 4 is 16.9 Å². The number of nitrogens with one attached hydrogen (secondary N) is 1. The Bertz CT molecular complexity index is 1310. The molecule has 0 fully saturated rings.